The number of oxime groups is 1. The summed E-state index contributed by atoms with van der Waals surface area (Å²) in [5.74, 6) is -0.243. The molecule has 0 spiro atoms. The van der Waals surface area contributed by atoms with Gasteiger partial charge in [-0.3, -0.25) is 9.69 Å². The number of nitrogens with one attached hydrogen (secondary N) is 1. The molecule has 0 aliphatic carbocycles. The van der Waals surface area contributed by atoms with Crippen molar-refractivity contribution in [3.63, 3.8) is 0 Å². The van der Waals surface area contributed by atoms with E-state index in [-0.39, 0.29) is 18.0 Å². The third kappa shape index (κ3) is 4.14. The van der Waals surface area contributed by atoms with Gasteiger partial charge in [-0.25, -0.2) is 4.79 Å². The van der Waals surface area contributed by atoms with Gasteiger partial charge in [-0.15, -0.1) is 0 Å². The molecule has 0 bridgehead atoms. The summed E-state index contributed by atoms with van der Waals surface area (Å²) in [5.41, 5.74) is 4.15. The van der Waals surface area contributed by atoms with Gasteiger partial charge in [0, 0.05) is 18.7 Å². The van der Waals surface area contributed by atoms with Crippen LogP contribution in [0.3, 0.4) is 0 Å². The van der Waals surface area contributed by atoms with E-state index >= 15 is 0 Å². The molecule has 7 heteroatoms. The van der Waals surface area contributed by atoms with E-state index in [2.05, 4.69) is 15.2 Å². The molecule has 146 valence electrons. The first-order valence-corrected chi connectivity index (χ1v) is 9.05. The standard InChI is InChI=1S/C21H23N3O4/c1-14(23-27)16-6-8-17(9-7-16)19-13-22-21(26)24(19)18-10-3-15(4-11-18)5-12-20(25)28-2/h3-4,6-11,19,27H,5,12-13H2,1-2H3,(H,22,26). The van der Waals surface area contributed by atoms with E-state index in [0.717, 1.165) is 22.4 Å². The number of anilines is 1. The molecule has 1 fully saturated rings. The van der Waals surface area contributed by atoms with E-state index in [4.69, 9.17) is 5.21 Å². The highest BCUT2D eigenvalue weighted by molar-refractivity contribution is 5.98. The number of rotatable bonds is 6. The molecule has 1 aliphatic rings. The first-order chi connectivity index (χ1) is 13.5. The minimum Gasteiger partial charge on any atom is -0.469 e. The fourth-order valence-electron chi connectivity index (χ4n) is 3.24. The van der Waals surface area contributed by atoms with Gasteiger partial charge in [0.15, 0.2) is 0 Å². The van der Waals surface area contributed by atoms with E-state index in [1.807, 2.05) is 48.5 Å². The molecule has 28 heavy (non-hydrogen) atoms. The predicted octanol–water partition coefficient (Wildman–Crippen LogP) is 3.26. The Balaban J connectivity index is 1.78. The van der Waals surface area contributed by atoms with Gasteiger partial charge in [-0.1, -0.05) is 41.6 Å². The van der Waals surface area contributed by atoms with E-state index in [0.29, 0.717) is 25.1 Å². The molecule has 1 saturated heterocycles. The SMILES string of the molecule is COC(=O)CCc1ccc(N2C(=O)NCC2c2ccc(C(C)=NO)cc2)cc1. The van der Waals surface area contributed by atoms with Crippen molar-refractivity contribution in [2.24, 2.45) is 5.16 Å². The number of ether oxygens (including phenoxy) is 1. The Labute approximate surface area is 163 Å². The van der Waals surface area contributed by atoms with Crippen LogP contribution in [0.1, 0.15) is 36.1 Å². The fraction of sp³-hybridized carbons (Fsp3) is 0.286. The quantitative estimate of drug-likeness (QED) is 0.348. The predicted molar refractivity (Wildman–Crippen MR) is 106 cm³/mol. The van der Waals surface area contributed by atoms with E-state index in [1.165, 1.54) is 7.11 Å². The lowest BCUT2D eigenvalue weighted by molar-refractivity contribution is -0.140. The maximum absolute atomic E-state index is 12.4. The Morgan fingerprint density at radius 1 is 1.21 bits per heavy atom. The Hall–Kier alpha value is -3.35. The molecule has 0 radical (unpaired) electrons. The van der Waals surface area contributed by atoms with E-state index < -0.39 is 0 Å². The molecular formula is C21H23N3O4. The number of methoxy groups -OCH3 is 1. The monoisotopic (exact) mass is 381 g/mol. The highest BCUT2D eigenvalue weighted by atomic mass is 16.5. The lowest BCUT2D eigenvalue weighted by Crippen LogP contribution is -2.29. The summed E-state index contributed by atoms with van der Waals surface area (Å²) in [6, 6.07) is 15.0. The fourth-order valence-corrected chi connectivity index (χ4v) is 3.24. The molecule has 2 N–H and O–H groups in total. The number of carbonyl (C=O) groups is 2. The zero-order valence-corrected chi connectivity index (χ0v) is 15.9. The van der Waals surface area contributed by atoms with Crippen LogP contribution in [0, 0.1) is 0 Å². The topological polar surface area (TPSA) is 91.2 Å². The summed E-state index contributed by atoms with van der Waals surface area (Å²) < 4.78 is 4.66. The molecule has 3 rings (SSSR count). The van der Waals surface area contributed by atoms with Crippen LogP contribution >= 0.6 is 0 Å². The summed E-state index contributed by atoms with van der Waals surface area (Å²) in [4.78, 5) is 25.4. The van der Waals surface area contributed by atoms with Crippen molar-refractivity contribution in [3.05, 3.63) is 65.2 Å². The Morgan fingerprint density at radius 2 is 1.89 bits per heavy atom. The van der Waals surface area contributed by atoms with Gasteiger partial charge in [-0.2, -0.15) is 0 Å². The number of amides is 2. The molecule has 1 heterocycles. The second-order valence-electron chi connectivity index (χ2n) is 6.62. The van der Waals surface area contributed by atoms with Crippen molar-refractivity contribution in [3.8, 4) is 0 Å². The van der Waals surface area contributed by atoms with Crippen molar-refractivity contribution < 1.29 is 19.5 Å². The minimum absolute atomic E-state index is 0.131. The summed E-state index contributed by atoms with van der Waals surface area (Å²) in [5, 5.41) is 15.0. The van der Waals surface area contributed by atoms with Crippen LogP contribution in [0.15, 0.2) is 53.7 Å². The van der Waals surface area contributed by atoms with E-state index in [1.54, 1.807) is 11.8 Å². The minimum atomic E-state index is -0.243. The average molecular weight is 381 g/mol. The first-order valence-electron chi connectivity index (χ1n) is 9.05. The van der Waals surface area contributed by atoms with Gasteiger partial charge in [-0.05, 0) is 42.2 Å². The Morgan fingerprint density at radius 3 is 2.50 bits per heavy atom. The lowest BCUT2D eigenvalue weighted by Gasteiger charge is -2.24. The van der Waals surface area contributed by atoms with Gasteiger partial charge in [0.2, 0.25) is 0 Å². The highest BCUT2D eigenvalue weighted by Gasteiger charge is 2.33. The molecule has 7 nitrogen and oxygen atoms in total. The average Bonchev–Trinajstić information content (AvgIpc) is 3.13. The molecule has 2 aromatic rings. The van der Waals surface area contributed by atoms with Crippen LogP contribution in [-0.2, 0) is 16.0 Å². The number of hydrogen-bond acceptors (Lipinski definition) is 5. The van der Waals surface area contributed by atoms with E-state index in [9.17, 15) is 9.59 Å². The summed E-state index contributed by atoms with van der Waals surface area (Å²) >= 11 is 0. The summed E-state index contributed by atoms with van der Waals surface area (Å²) in [7, 11) is 1.38. The second-order valence-corrected chi connectivity index (χ2v) is 6.62. The van der Waals surface area contributed by atoms with Crippen molar-refractivity contribution in [2.45, 2.75) is 25.8 Å². The molecule has 1 atom stereocenters. The maximum atomic E-state index is 12.4. The number of urea groups is 1. The summed E-state index contributed by atoms with van der Waals surface area (Å²) in [6.45, 7) is 2.24. The summed E-state index contributed by atoms with van der Waals surface area (Å²) in [6.07, 6.45) is 0.918. The maximum Gasteiger partial charge on any atom is 0.322 e. The third-order valence-corrected chi connectivity index (χ3v) is 4.90. The number of carbonyl (C=O) groups excluding carboxylic acids is 2. The lowest BCUT2D eigenvalue weighted by atomic mass is 10.0. The van der Waals surface area contributed by atoms with Gasteiger partial charge < -0.3 is 15.3 Å². The molecule has 2 amide bonds. The largest absolute Gasteiger partial charge is 0.469 e. The smallest absolute Gasteiger partial charge is 0.322 e. The zero-order valence-electron chi connectivity index (χ0n) is 15.9. The van der Waals surface area contributed by atoms with Crippen molar-refractivity contribution in [1.29, 1.82) is 0 Å². The second kappa shape index (κ2) is 8.56. The number of hydrogen-bond donors (Lipinski definition) is 2. The Bertz CT molecular complexity index is 876. The molecule has 0 saturated carbocycles. The van der Waals surface area contributed by atoms with Crippen molar-refractivity contribution in [2.75, 3.05) is 18.6 Å². The van der Waals surface area contributed by atoms with Crippen molar-refractivity contribution >= 4 is 23.4 Å². The Kier molecular flexibility index (Phi) is 5.93. The highest BCUT2D eigenvalue weighted by Crippen LogP contribution is 2.31. The number of aryl methyl sites for hydroxylation is 1. The molecular weight excluding hydrogens is 358 g/mol. The normalized spacial score (nSPS) is 16.8. The number of benzene rings is 2. The van der Waals surface area contributed by atoms with Crippen LogP contribution < -0.4 is 10.2 Å². The van der Waals surface area contributed by atoms with Crippen LogP contribution in [0.2, 0.25) is 0 Å². The van der Waals surface area contributed by atoms with Crippen LogP contribution in [0.25, 0.3) is 0 Å². The molecule has 1 unspecified atom stereocenters. The van der Waals surface area contributed by atoms with Crippen LogP contribution in [0.5, 0.6) is 0 Å². The van der Waals surface area contributed by atoms with Crippen molar-refractivity contribution in [1.82, 2.24) is 5.32 Å². The number of esters is 1. The van der Waals surface area contributed by atoms with Gasteiger partial charge in [0.1, 0.15) is 0 Å². The van der Waals surface area contributed by atoms with Gasteiger partial charge in [0.25, 0.3) is 0 Å². The van der Waals surface area contributed by atoms with Gasteiger partial charge >= 0.3 is 12.0 Å². The number of nitrogens with zero attached hydrogens (tertiary/aromatic N) is 2. The van der Waals surface area contributed by atoms with Crippen LogP contribution in [-0.4, -0.2) is 36.6 Å². The zero-order chi connectivity index (χ0) is 20.1. The molecule has 0 aromatic heterocycles. The molecule has 2 aromatic carbocycles. The third-order valence-electron chi connectivity index (χ3n) is 4.90. The first kappa shape index (κ1) is 19.4. The van der Waals surface area contributed by atoms with Crippen LogP contribution in [0.4, 0.5) is 10.5 Å². The van der Waals surface area contributed by atoms with Gasteiger partial charge in [0.05, 0.1) is 18.9 Å². The molecule has 1 aliphatic heterocycles.